The van der Waals surface area contributed by atoms with Crippen LogP contribution in [-0.4, -0.2) is 37.3 Å². The molecular weight excluding hydrogens is 294 g/mol. The van der Waals surface area contributed by atoms with Gasteiger partial charge in [-0.15, -0.1) is 10.2 Å². The SMILES string of the molecule is Cc1noc(C)c1[C@@H](C)C(=O)N1CCn2c(nnc2C(C)C)C1. The third-order valence-electron chi connectivity index (χ3n) is 4.50. The summed E-state index contributed by atoms with van der Waals surface area (Å²) in [5.41, 5.74) is 1.68. The van der Waals surface area contributed by atoms with E-state index in [-0.39, 0.29) is 11.8 Å². The highest BCUT2D eigenvalue weighted by atomic mass is 16.5. The Morgan fingerprint density at radius 3 is 2.52 bits per heavy atom. The monoisotopic (exact) mass is 317 g/mol. The average Bonchev–Trinajstić information content (AvgIpc) is 3.08. The van der Waals surface area contributed by atoms with Crippen molar-refractivity contribution >= 4 is 5.91 Å². The number of nitrogens with zero attached hydrogens (tertiary/aromatic N) is 5. The fourth-order valence-electron chi connectivity index (χ4n) is 3.30. The summed E-state index contributed by atoms with van der Waals surface area (Å²) < 4.78 is 7.33. The zero-order chi connectivity index (χ0) is 16.7. The van der Waals surface area contributed by atoms with E-state index in [1.165, 1.54) is 0 Å². The molecule has 0 spiro atoms. The molecule has 3 rings (SSSR count). The number of carbonyl (C=O) groups is 1. The fourth-order valence-corrected chi connectivity index (χ4v) is 3.30. The molecule has 3 heterocycles. The van der Waals surface area contributed by atoms with Gasteiger partial charge in [0.15, 0.2) is 5.82 Å². The summed E-state index contributed by atoms with van der Waals surface area (Å²) in [7, 11) is 0. The van der Waals surface area contributed by atoms with Gasteiger partial charge in [-0.05, 0) is 20.8 Å². The van der Waals surface area contributed by atoms with E-state index in [0.717, 1.165) is 29.5 Å². The van der Waals surface area contributed by atoms with Gasteiger partial charge >= 0.3 is 0 Å². The zero-order valence-electron chi connectivity index (χ0n) is 14.3. The van der Waals surface area contributed by atoms with Gasteiger partial charge < -0.3 is 14.0 Å². The Morgan fingerprint density at radius 2 is 1.91 bits per heavy atom. The second kappa shape index (κ2) is 5.79. The number of carbonyl (C=O) groups excluding carboxylic acids is 1. The highest BCUT2D eigenvalue weighted by Gasteiger charge is 2.31. The molecule has 2 aromatic heterocycles. The van der Waals surface area contributed by atoms with Gasteiger partial charge in [-0.1, -0.05) is 19.0 Å². The van der Waals surface area contributed by atoms with Crippen LogP contribution in [0.3, 0.4) is 0 Å². The van der Waals surface area contributed by atoms with Crippen molar-refractivity contribution < 1.29 is 9.32 Å². The standard InChI is InChI=1S/C16H23N5O2/c1-9(2)15-18-17-13-8-20(6-7-21(13)15)16(22)10(3)14-11(4)19-23-12(14)5/h9-10H,6-8H2,1-5H3/t10-/m1/s1. The van der Waals surface area contributed by atoms with E-state index in [4.69, 9.17) is 4.52 Å². The van der Waals surface area contributed by atoms with Crippen LogP contribution >= 0.6 is 0 Å². The Hall–Kier alpha value is -2.18. The van der Waals surface area contributed by atoms with E-state index < -0.39 is 0 Å². The van der Waals surface area contributed by atoms with Gasteiger partial charge in [0.1, 0.15) is 11.6 Å². The molecule has 0 aliphatic carbocycles. The van der Waals surface area contributed by atoms with Crippen molar-refractivity contribution in [1.82, 2.24) is 24.8 Å². The van der Waals surface area contributed by atoms with Crippen LogP contribution in [0.15, 0.2) is 4.52 Å². The van der Waals surface area contributed by atoms with Crippen LogP contribution in [0.2, 0.25) is 0 Å². The lowest BCUT2D eigenvalue weighted by Gasteiger charge is -2.30. The average molecular weight is 317 g/mol. The summed E-state index contributed by atoms with van der Waals surface area (Å²) in [4.78, 5) is 14.7. The molecule has 2 aromatic rings. The predicted molar refractivity (Wildman–Crippen MR) is 83.9 cm³/mol. The molecule has 0 aromatic carbocycles. The molecule has 0 fully saturated rings. The smallest absolute Gasteiger partial charge is 0.230 e. The Labute approximate surface area is 135 Å². The van der Waals surface area contributed by atoms with Gasteiger partial charge in [-0.3, -0.25) is 4.79 Å². The molecule has 1 aliphatic rings. The van der Waals surface area contributed by atoms with Crippen molar-refractivity contribution in [2.24, 2.45) is 0 Å². The van der Waals surface area contributed by atoms with E-state index in [2.05, 4.69) is 33.8 Å². The van der Waals surface area contributed by atoms with Crippen LogP contribution in [0.1, 0.15) is 61.3 Å². The normalized spacial score (nSPS) is 15.8. The maximum atomic E-state index is 12.9. The maximum Gasteiger partial charge on any atom is 0.230 e. The van der Waals surface area contributed by atoms with Crippen molar-refractivity contribution in [3.8, 4) is 0 Å². The Balaban J connectivity index is 1.79. The van der Waals surface area contributed by atoms with Crippen LogP contribution in [0.25, 0.3) is 0 Å². The van der Waals surface area contributed by atoms with Crippen molar-refractivity contribution in [2.75, 3.05) is 6.54 Å². The number of aryl methyl sites for hydroxylation is 2. The largest absolute Gasteiger partial charge is 0.361 e. The first kappa shape index (κ1) is 15.7. The highest BCUT2D eigenvalue weighted by Crippen LogP contribution is 2.27. The van der Waals surface area contributed by atoms with E-state index >= 15 is 0 Å². The lowest BCUT2D eigenvalue weighted by molar-refractivity contribution is -0.134. The first-order valence-corrected chi connectivity index (χ1v) is 8.03. The molecule has 7 nitrogen and oxygen atoms in total. The van der Waals surface area contributed by atoms with Crippen molar-refractivity contribution in [2.45, 2.75) is 59.5 Å². The molecule has 124 valence electrons. The van der Waals surface area contributed by atoms with Gasteiger partial charge in [0.25, 0.3) is 0 Å². The van der Waals surface area contributed by atoms with E-state index in [1.807, 2.05) is 25.7 Å². The molecule has 23 heavy (non-hydrogen) atoms. The van der Waals surface area contributed by atoms with Crippen LogP contribution in [0.5, 0.6) is 0 Å². The minimum atomic E-state index is -0.264. The van der Waals surface area contributed by atoms with Gasteiger partial charge in [0.05, 0.1) is 18.2 Å². The molecule has 0 saturated heterocycles. The van der Waals surface area contributed by atoms with Gasteiger partial charge in [-0.2, -0.15) is 0 Å². The lowest BCUT2D eigenvalue weighted by Crippen LogP contribution is -2.41. The second-order valence-corrected chi connectivity index (χ2v) is 6.50. The molecule has 0 radical (unpaired) electrons. The Morgan fingerprint density at radius 1 is 1.17 bits per heavy atom. The summed E-state index contributed by atoms with van der Waals surface area (Å²) in [5, 5.41) is 12.5. The van der Waals surface area contributed by atoms with Crippen molar-refractivity contribution in [3.05, 3.63) is 28.7 Å². The topological polar surface area (TPSA) is 77.0 Å². The minimum Gasteiger partial charge on any atom is -0.361 e. The quantitative estimate of drug-likeness (QED) is 0.867. The summed E-state index contributed by atoms with van der Waals surface area (Å²) in [5.74, 6) is 2.72. The summed E-state index contributed by atoms with van der Waals surface area (Å²) in [6, 6.07) is 0. The molecule has 0 bridgehead atoms. The number of hydrogen-bond donors (Lipinski definition) is 0. The maximum absolute atomic E-state index is 12.9. The summed E-state index contributed by atoms with van der Waals surface area (Å²) in [6.45, 7) is 11.8. The van der Waals surface area contributed by atoms with Crippen molar-refractivity contribution in [3.63, 3.8) is 0 Å². The first-order valence-electron chi connectivity index (χ1n) is 8.03. The van der Waals surface area contributed by atoms with Crippen LogP contribution in [0.4, 0.5) is 0 Å². The third-order valence-corrected chi connectivity index (χ3v) is 4.50. The number of aromatic nitrogens is 4. The van der Waals surface area contributed by atoms with Gasteiger partial charge in [0.2, 0.25) is 5.91 Å². The molecule has 1 aliphatic heterocycles. The highest BCUT2D eigenvalue weighted by molar-refractivity contribution is 5.83. The van der Waals surface area contributed by atoms with E-state index in [1.54, 1.807) is 0 Å². The van der Waals surface area contributed by atoms with Crippen LogP contribution < -0.4 is 0 Å². The summed E-state index contributed by atoms with van der Waals surface area (Å²) in [6.07, 6.45) is 0. The van der Waals surface area contributed by atoms with Gasteiger partial charge in [-0.25, -0.2) is 0 Å². The Bertz CT molecular complexity index is 711. The molecule has 0 saturated carbocycles. The predicted octanol–water partition coefficient (Wildman–Crippen LogP) is 2.15. The third kappa shape index (κ3) is 2.64. The fraction of sp³-hybridized carbons (Fsp3) is 0.625. The minimum absolute atomic E-state index is 0.0831. The van der Waals surface area contributed by atoms with Crippen LogP contribution in [0, 0.1) is 13.8 Å². The lowest BCUT2D eigenvalue weighted by atomic mass is 9.98. The molecular formula is C16H23N5O2. The Kier molecular flexibility index (Phi) is 3.95. The number of rotatable bonds is 3. The number of amides is 1. The number of hydrogen-bond acceptors (Lipinski definition) is 5. The molecule has 0 unspecified atom stereocenters. The number of fused-ring (bicyclic) bond motifs is 1. The zero-order valence-corrected chi connectivity index (χ0v) is 14.3. The van der Waals surface area contributed by atoms with Crippen molar-refractivity contribution in [1.29, 1.82) is 0 Å². The van der Waals surface area contributed by atoms with E-state index in [0.29, 0.717) is 24.8 Å². The molecule has 1 amide bonds. The first-order chi connectivity index (χ1) is 10.9. The molecule has 1 atom stereocenters. The van der Waals surface area contributed by atoms with E-state index in [9.17, 15) is 4.79 Å². The second-order valence-electron chi connectivity index (χ2n) is 6.50. The molecule has 0 N–H and O–H groups in total. The van der Waals surface area contributed by atoms with Gasteiger partial charge in [0, 0.05) is 24.6 Å². The molecule has 7 heteroatoms. The summed E-state index contributed by atoms with van der Waals surface area (Å²) >= 11 is 0. The van der Waals surface area contributed by atoms with Crippen LogP contribution in [-0.2, 0) is 17.9 Å².